The van der Waals surface area contributed by atoms with Crippen molar-refractivity contribution in [2.75, 3.05) is 25.5 Å². The summed E-state index contributed by atoms with van der Waals surface area (Å²) in [7, 11) is -1.76. The third kappa shape index (κ3) is 5.62. The molecule has 118 valence electrons. The molecule has 0 aliphatic heterocycles. The van der Waals surface area contributed by atoms with Crippen LogP contribution in [0.2, 0.25) is 0 Å². The average molecular weight is 334 g/mol. The number of hydrogen-bond donors (Lipinski definition) is 3. The van der Waals surface area contributed by atoms with Gasteiger partial charge in [-0.05, 0) is 50.1 Å². The summed E-state index contributed by atoms with van der Waals surface area (Å²) in [6.07, 6.45) is 2.19. The van der Waals surface area contributed by atoms with E-state index in [2.05, 4.69) is 15.4 Å². The highest BCUT2D eigenvalue weighted by Gasteiger charge is 2.24. The largest absolute Gasteiger partial charge is 0.325 e. The Hall–Kier alpha value is -1.15. The smallest absolute Gasteiger partial charge is 0.240 e. The van der Waals surface area contributed by atoms with Crippen molar-refractivity contribution in [2.24, 2.45) is 5.92 Å². The van der Waals surface area contributed by atoms with E-state index in [1.165, 1.54) is 12.1 Å². The number of carbonyl (C=O) groups excluding carboxylic acids is 1. The average Bonchev–Trinajstić information content (AvgIpc) is 3.21. The number of sulfonamides is 1. The summed E-state index contributed by atoms with van der Waals surface area (Å²) in [5.41, 5.74) is 0.575. The second-order valence-corrected chi connectivity index (χ2v) is 6.67. The van der Waals surface area contributed by atoms with Crippen molar-refractivity contribution in [3.63, 3.8) is 0 Å². The van der Waals surface area contributed by atoms with E-state index < -0.39 is 10.0 Å². The number of anilines is 1. The topological polar surface area (TPSA) is 87.3 Å². The summed E-state index contributed by atoms with van der Waals surface area (Å²) in [6, 6.07) is 6.15. The Labute approximate surface area is 131 Å². The lowest BCUT2D eigenvalue weighted by Crippen LogP contribution is -2.26. The second kappa shape index (κ2) is 7.74. The predicted octanol–water partition coefficient (Wildman–Crippen LogP) is 0.955. The normalized spacial score (nSPS) is 14.3. The maximum atomic E-state index is 12.0. The van der Waals surface area contributed by atoms with Gasteiger partial charge in [0.15, 0.2) is 0 Å². The third-order valence-electron chi connectivity index (χ3n) is 3.04. The quantitative estimate of drug-likeness (QED) is 0.693. The molecule has 0 spiro atoms. The molecule has 0 saturated heterocycles. The van der Waals surface area contributed by atoms with E-state index in [-0.39, 0.29) is 29.8 Å². The van der Waals surface area contributed by atoms with Crippen LogP contribution in [-0.2, 0) is 14.8 Å². The zero-order valence-corrected chi connectivity index (χ0v) is 13.4. The number of carbonyl (C=O) groups is 1. The highest BCUT2D eigenvalue weighted by Crippen LogP contribution is 2.28. The fourth-order valence-electron chi connectivity index (χ4n) is 1.72. The van der Waals surface area contributed by atoms with Crippen molar-refractivity contribution >= 4 is 34.0 Å². The lowest BCUT2D eigenvalue weighted by atomic mass is 10.3. The number of hydrogen-bond acceptors (Lipinski definition) is 4. The Morgan fingerprint density at radius 2 is 1.86 bits per heavy atom. The lowest BCUT2D eigenvalue weighted by molar-refractivity contribution is -0.115. The molecule has 1 saturated carbocycles. The van der Waals surface area contributed by atoms with Gasteiger partial charge in [-0.25, -0.2) is 13.1 Å². The molecule has 2 rings (SSSR count). The van der Waals surface area contributed by atoms with Crippen LogP contribution in [0.4, 0.5) is 5.69 Å². The zero-order valence-electron chi connectivity index (χ0n) is 11.8. The first kappa shape index (κ1) is 17.9. The molecule has 0 bridgehead atoms. The van der Waals surface area contributed by atoms with Crippen LogP contribution in [-0.4, -0.2) is 34.5 Å². The van der Waals surface area contributed by atoms with Gasteiger partial charge in [0, 0.05) is 12.2 Å². The maximum absolute atomic E-state index is 12.0. The molecular weight excluding hydrogens is 314 g/mol. The number of amides is 1. The molecule has 1 aromatic carbocycles. The minimum Gasteiger partial charge on any atom is -0.325 e. The van der Waals surface area contributed by atoms with Gasteiger partial charge in [-0.15, -0.1) is 12.4 Å². The molecule has 1 amide bonds. The van der Waals surface area contributed by atoms with Crippen LogP contribution in [0.3, 0.4) is 0 Å². The fraction of sp³-hybridized carbons (Fsp3) is 0.462. The van der Waals surface area contributed by atoms with Crippen LogP contribution in [0, 0.1) is 5.92 Å². The van der Waals surface area contributed by atoms with Gasteiger partial charge in [-0.2, -0.15) is 0 Å². The van der Waals surface area contributed by atoms with Gasteiger partial charge < -0.3 is 10.6 Å². The van der Waals surface area contributed by atoms with E-state index in [0.717, 1.165) is 12.8 Å². The second-order valence-electron chi connectivity index (χ2n) is 4.90. The first-order valence-electron chi connectivity index (χ1n) is 6.55. The molecule has 3 N–H and O–H groups in total. The number of benzene rings is 1. The van der Waals surface area contributed by atoms with E-state index in [9.17, 15) is 13.2 Å². The number of halogens is 1. The number of likely N-dealkylation sites (N-methyl/N-ethyl adjacent to an activating group) is 1. The number of rotatable bonds is 7. The van der Waals surface area contributed by atoms with Crippen LogP contribution in [0.25, 0.3) is 0 Å². The molecule has 1 fully saturated rings. The van der Waals surface area contributed by atoms with E-state index in [1.54, 1.807) is 19.2 Å². The Balaban J connectivity index is 0.00000220. The molecule has 0 radical (unpaired) electrons. The molecule has 0 heterocycles. The van der Waals surface area contributed by atoms with Crippen molar-refractivity contribution in [1.82, 2.24) is 10.0 Å². The molecule has 0 atom stereocenters. The predicted molar refractivity (Wildman–Crippen MR) is 84.2 cm³/mol. The first-order chi connectivity index (χ1) is 9.51. The van der Waals surface area contributed by atoms with Crippen LogP contribution >= 0.6 is 12.4 Å². The zero-order chi connectivity index (χ0) is 14.6. The lowest BCUT2D eigenvalue weighted by Gasteiger charge is -2.08. The molecule has 1 aliphatic rings. The Kier molecular flexibility index (Phi) is 6.60. The first-order valence-corrected chi connectivity index (χ1v) is 8.04. The van der Waals surface area contributed by atoms with Crippen LogP contribution in [0.1, 0.15) is 12.8 Å². The molecule has 21 heavy (non-hydrogen) atoms. The molecule has 1 aliphatic carbocycles. The van der Waals surface area contributed by atoms with Gasteiger partial charge in [0.2, 0.25) is 15.9 Å². The van der Waals surface area contributed by atoms with E-state index in [1.807, 2.05) is 0 Å². The van der Waals surface area contributed by atoms with Crippen molar-refractivity contribution < 1.29 is 13.2 Å². The van der Waals surface area contributed by atoms with Gasteiger partial charge in [-0.1, -0.05) is 0 Å². The van der Waals surface area contributed by atoms with Crippen LogP contribution in [0.5, 0.6) is 0 Å². The molecule has 0 unspecified atom stereocenters. The molecule has 6 nitrogen and oxygen atoms in total. The summed E-state index contributed by atoms with van der Waals surface area (Å²) in [5, 5.41) is 5.40. The maximum Gasteiger partial charge on any atom is 0.240 e. The fourth-order valence-corrected chi connectivity index (χ4v) is 2.83. The summed E-state index contributed by atoms with van der Waals surface area (Å²) in [5.74, 6) is 0.319. The Bertz CT molecular complexity index is 571. The van der Waals surface area contributed by atoms with Gasteiger partial charge in [0.1, 0.15) is 0 Å². The molecular formula is C13H20ClN3O3S. The van der Waals surface area contributed by atoms with Gasteiger partial charge in [0.25, 0.3) is 0 Å². The summed E-state index contributed by atoms with van der Waals surface area (Å²) in [4.78, 5) is 11.6. The summed E-state index contributed by atoms with van der Waals surface area (Å²) >= 11 is 0. The van der Waals surface area contributed by atoms with Crippen molar-refractivity contribution in [2.45, 2.75) is 17.7 Å². The highest BCUT2D eigenvalue weighted by molar-refractivity contribution is 7.89. The van der Waals surface area contributed by atoms with Gasteiger partial charge >= 0.3 is 0 Å². The van der Waals surface area contributed by atoms with Crippen LogP contribution in [0.15, 0.2) is 29.2 Å². The Morgan fingerprint density at radius 3 is 2.38 bits per heavy atom. The summed E-state index contributed by atoms with van der Waals surface area (Å²) in [6.45, 7) is 0.714. The monoisotopic (exact) mass is 333 g/mol. The van der Waals surface area contributed by atoms with Gasteiger partial charge in [0.05, 0.1) is 11.4 Å². The van der Waals surface area contributed by atoms with Gasteiger partial charge in [-0.3, -0.25) is 4.79 Å². The van der Waals surface area contributed by atoms with Crippen molar-refractivity contribution in [3.05, 3.63) is 24.3 Å². The Morgan fingerprint density at radius 1 is 1.24 bits per heavy atom. The van der Waals surface area contributed by atoms with E-state index >= 15 is 0 Å². The van der Waals surface area contributed by atoms with Crippen molar-refractivity contribution in [3.8, 4) is 0 Å². The number of nitrogens with one attached hydrogen (secondary N) is 3. The summed E-state index contributed by atoms with van der Waals surface area (Å²) < 4.78 is 26.6. The van der Waals surface area contributed by atoms with Crippen LogP contribution < -0.4 is 15.4 Å². The highest BCUT2D eigenvalue weighted by atomic mass is 35.5. The SMILES string of the molecule is CNCC(=O)Nc1ccc(S(=O)(=O)NCC2CC2)cc1.Cl. The van der Waals surface area contributed by atoms with E-state index in [0.29, 0.717) is 18.2 Å². The standard InChI is InChI=1S/C13H19N3O3S.ClH/c1-14-9-13(17)16-11-4-6-12(7-5-11)20(18,19)15-8-10-2-3-10;/h4-7,10,14-15H,2-3,8-9H2,1H3,(H,16,17);1H. The minimum atomic E-state index is -3.45. The third-order valence-corrected chi connectivity index (χ3v) is 4.48. The molecule has 1 aromatic rings. The molecule has 0 aromatic heterocycles. The molecule has 8 heteroatoms. The van der Waals surface area contributed by atoms with E-state index in [4.69, 9.17) is 0 Å². The van der Waals surface area contributed by atoms with Crippen molar-refractivity contribution in [1.29, 1.82) is 0 Å². The minimum absolute atomic E-state index is 0.